The number of ether oxygens (including phenoxy) is 3. The number of hydrogen-bond acceptors (Lipinski definition) is 7. The quantitative estimate of drug-likeness (QED) is 0.0808. The summed E-state index contributed by atoms with van der Waals surface area (Å²) < 4.78 is 15.6. The van der Waals surface area contributed by atoms with E-state index in [9.17, 15) is 14.4 Å². The Morgan fingerprint density at radius 2 is 1.00 bits per heavy atom. The fourth-order valence-corrected chi connectivity index (χ4v) is 4.06. The molecular formula is C28H53NO7. The summed E-state index contributed by atoms with van der Waals surface area (Å²) in [5.74, 6) is -1.63. The molecule has 0 rings (SSSR count). The molecule has 8 heteroatoms. The predicted molar refractivity (Wildman–Crippen MR) is 142 cm³/mol. The largest absolute Gasteiger partial charge is 0.464 e. The van der Waals surface area contributed by atoms with E-state index < -0.39 is 29.2 Å². The van der Waals surface area contributed by atoms with Crippen molar-refractivity contribution >= 4 is 18.0 Å². The number of carbonyl (C=O) groups excluding carboxylic acids is 3. The molecule has 0 bridgehead atoms. The van der Waals surface area contributed by atoms with Crippen LogP contribution in [0.3, 0.4) is 0 Å². The summed E-state index contributed by atoms with van der Waals surface area (Å²) in [6, 6.07) is 0. The molecule has 0 aromatic carbocycles. The minimum absolute atomic E-state index is 0.0830. The maximum Gasteiger partial charge on any atom is 0.409 e. The Morgan fingerprint density at radius 3 is 1.33 bits per heavy atom. The zero-order chi connectivity index (χ0) is 27.3. The molecule has 0 atom stereocenters. The van der Waals surface area contributed by atoms with Gasteiger partial charge in [0.1, 0.15) is 5.60 Å². The lowest BCUT2D eigenvalue weighted by Gasteiger charge is -2.31. The Kier molecular flexibility index (Phi) is 19.2. The second-order valence-corrected chi connectivity index (χ2v) is 10.4. The number of carbonyl (C=O) groups is 3. The minimum Gasteiger partial charge on any atom is -0.464 e. The van der Waals surface area contributed by atoms with Crippen LogP contribution in [0.25, 0.3) is 0 Å². The number of aliphatic hydroxyl groups excluding tert-OH is 1. The second kappa shape index (κ2) is 20.3. The van der Waals surface area contributed by atoms with E-state index in [4.69, 9.17) is 19.3 Å². The van der Waals surface area contributed by atoms with Crippen molar-refractivity contribution in [2.45, 2.75) is 142 Å². The van der Waals surface area contributed by atoms with Crippen LogP contribution in [0.1, 0.15) is 131 Å². The smallest absolute Gasteiger partial charge is 0.409 e. The van der Waals surface area contributed by atoms with Crippen molar-refractivity contribution in [2.75, 3.05) is 19.8 Å². The summed E-state index contributed by atoms with van der Waals surface area (Å²) in [7, 11) is 0. The number of hydrogen-bond donors (Lipinski definition) is 2. The van der Waals surface area contributed by atoms with E-state index in [1.165, 1.54) is 51.4 Å². The lowest BCUT2D eigenvalue weighted by atomic mass is 9.91. The van der Waals surface area contributed by atoms with Gasteiger partial charge in [-0.25, -0.2) is 14.4 Å². The highest BCUT2D eigenvalue weighted by atomic mass is 16.6. The van der Waals surface area contributed by atoms with Gasteiger partial charge in [0.2, 0.25) is 5.54 Å². The topological polar surface area (TPSA) is 111 Å². The van der Waals surface area contributed by atoms with Crippen molar-refractivity contribution in [3.8, 4) is 0 Å². The van der Waals surface area contributed by atoms with Gasteiger partial charge < -0.3 is 19.3 Å². The minimum atomic E-state index is -1.91. The molecule has 0 heterocycles. The van der Waals surface area contributed by atoms with Crippen molar-refractivity contribution in [1.82, 2.24) is 5.32 Å². The first-order valence-electron chi connectivity index (χ1n) is 14.1. The van der Waals surface area contributed by atoms with Gasteiger partial charge in [-0.3, -0.25) is 5.32 Å². The summed E-state index contributed by atoms with van der Waals surface area (Å²) in [5.41, 5.74) is -2.69. The average molecular weight is 516 g/mol. The first-order chi connectivity index (χ1) is 17.1. The molecule has 0 saturated heterocycles. The monoisotopic (exact) mass is 515 g/mol. The van der Waals surface area contributed by atoms with Crippen LogP contribution >= 0.6 is 0 Å². The number of alkyl carbamates (subject to hydrolysis) is 1. The summed E-state index contributed by atoms with van der Waals surface area (Å²) in [6.45, 7) is 8.92. The molecule has 0 aliphatic carbocycles. The Morgan fingerprint density at radius 1 is 0.639 bits per heavy atom. The summed E-state index contributed by atoms with van der Waals surface area (Å²) in [4.78, 5) is 38.2. The molecule has 0 fully saturated rings. The van der Waals surface area contributed by atoms with Crippen LogP contribution in [-0.2, 0) is 23.8 Å². The molecule has 0 saturated carbocycles. The average Bonchev–Trinajstić information content (AvgIpc) is 2.79. The van der Waals surface area contributed by atoms with Crippen molar-refractivity contribution in [1.29, 1.82) is 0 Å². The predicted octanol–water partition coefficient (Wildman–Crippen LogP) is 6.22. The van der Waals surface area contributed by atoms with Crippen LogP contribution in [0, 0.1) is 0 Å². The van der Waals surface area contributed by atoms with Crippen LogP contribution in [0.2, 0.25) is 0 Å². The Hall–Kier alpha value is -1.83. The maximum atomic E-state index is 12.9. The summed E-state index contributed by atoms with van der Waals surface area (Å²) >= 11 is 0. The van der Waals surface area contributed by atoms with Gasteiger partial charge in [-0.2, -0.15) is 0 Å². The molecule has 0 aromatic heterocycles. The first-order valence-corrected chi connectivity index (χ1v) is 14.1. The van der Waals surface area contributed by atoms with E-state index in [1.54, 1.807) is 34.6 Å². The molecular weight excluding hydrogens is 462 g/mol. The Balaban J connectivity index is 4.52. The number of rotatable bonds is 21. The molecule has 0 aromatic rings. The third-order valence-corrected chi connectivity index (χ3v) is 5.92. The van der Waals surface area contributed by atoms with E-state index in [-0.39, 0.29) is 19.6 Å². The second-order valence-electron chi connectivity index (χ2n) is 10.4. The molecule has 36 heavy (non-hydrogen) atoms. The van der Waals surface area contributed by atoms with Crippen molar-refractivity contribution in [3.05, 3.63) is 0 Å². The van der Waals surface area contributed by atoms with Crippen LogP contribution in [-0.4, -0.2) is 54.1 Å². The van der Waals surface area contributed by atoms with E-state index in [0.717, 1.165) is 32.1 Å². The highest BCUT2D eigenvalue weighted by Gasteiger charge is 2.50. The van der Waals surface area contributed by atoms with Crippen LogP contribution < -0.4 is 5.32 Å². The van der Waals surface area contributed by atoms with Gasteiger partial charge in [-0.1, -0.05) is 77.0 Å². The van der Waals surface area contributed by atoms with E-state index in [2.05, 4.69) is 5.32 Å². The molecule has 0 aliphatic heterocycles. The summed E-state index contributed by atoms with van der Waals surface area (Å²) in [5, 5.41) is 11.3. The van der Waals surface area contributed by atoms with Gasteiger partial charge in [0.25, 0.3) is 0 Å². The molecule has 2 N–H and O–H groups in total. The van der Waals surface area contributed by atoms with Gasteiger partial charge in [0.15, 0.2) is 0 Å². The molecule has 0 spiro atoms. The van der Waals surface area contributed by atoms with Gasteiger partial charge in [0.05, 0.1) is 13.2 Å². The fourth-order valence-electron chi connectivity index (χ4n) is 4.06. The highest BCUT2D eigenvalue weighted by molar-refractivity contribution is 6.07. The van der Waals surface area contributed by atoms with Gasteiger partial charge >= 0.3 is 18.0 Å². The molecule has 0 unspecified atom stereocenters. The Bertz CT molecular complexity index is 583. The molecule has 0 radical (unpaired) electrons. The lowest BCUT2D eigenvalue weighted by Crippen LogP contribution is -2.62. The van der Waals surface area contributed by atoms with Crippen molar-refractivity contribution < 1.29 is 33.7 Å². The number of aliphatic hydroxyl groups is 1. The zero-order valence-electron chi connectivity index (χ0n) is 23.6. The molecule has 8 nitrogen and oxygen atoms in total. The van der Waals surface area contributed by atoms with Crippen molar-refractivity contribution in [3.63, 3.8) is 0 Å². The van der Waals surface area contributed by atoms with Crippen LogP contribution in [0.5, 0.6) is 0 Å². The number of amides is 1. The third-order valence-electron chi connectivity index (χ3n) is 5.92. The van der Waals surface area contributed by atoms with Crippen LogP contribution in [0.4, 0.5) is 4.79 Å². The zero-order valence-corrected chi connectivity index (χ0v) is 23.6. The first kappa shape index (κ1) is 34.2. The molecule has 0 aliphatic rings. The van der Waals surface area contributed by atoms with E-state index in [0.29, 0.717) is 13.0 Å². The molecule has 212 valence electrons. The third kappa shape index (κ3) is 16.0. The van der Waals surface area contributed by atoms with Gasteiger partial charge in [0, 0.05) is 6.61 Å². The van der Waals surface area contributed by atoms with Crippen LogP contribution in [0.15, 0.2) is 0 Å². The number of nitrogens with one attached hydrogen (secondary N) is 1. The Labute approximate surface area is 219 Å². The van der Waals surface area contributed by atoms with Crippen molar-refractivity contribution in [2.24, 2.45) is 0 Å². The normalized spacial score (nSPS) is 11.7. The summed E-state index contributed by atoms with van der Waals surface area (Å²) in [6.07, 6.45) is 14.8. The van der Waals surface area contributed by atoms with E-state index in [1.807, 2.05) is 0 Å². The molecule has 1 amide bonds. The standard InChI is InChI=1S/C28H53NO7/c1-6-34-24(31)28(25(32)35-7-2,29-26(33)36-27(3,4)5)22-20-18-16-14-12-10-8-9-11-13-15-17-19-21-23-30/h30H,6-23H2,1-5H3,(H,29,33). The SMILES string of the molecule is CCOC(=O)C(CCCCCCCCCCCCCCCCO)(NC(=O)OC(C)(C)C)C(=O)OCC. The van der Waals surface area contributed by atoms with Gasteiger partial charge in [-0.05, 0) is 53.9 Å². The number of unbranched alkanes of at least 4 members (excludes halogenated alkanes) is 13. The van der Waals surface area contributed by atoms with Gasteiger partial charge in [-0.15, -0.1) is 0 Å². The van der Waals surface area contributed by atoms with E-state index >= 15 is 0 Å². The fraction of sp³-hybridized carbons (Fsp3) is 0.893. The maximum absolute atomic E-state index is 12.9. The highest BCUT2D eigenvalue weighted by Crippen LogP contribution is 2.22. The number of esters is 2. The lowest BCUT2D eigenvalue weighted by molar-refractivity contribution is -0.166.